The molecule has 41 heavy (non-hydrogen) atoms. The zero-order valence-corrected chi connectivity index (χ0v) is 27.4. The van der Waals surface area contributed by atoms with Crippen molar-refractivity contribution in [2.45, 2.75) is 78.5 Å². The molecule has 0 aliphatic heterocycles. The van der Waals surface area contributed by atoms with E-state index in [0.717, 1.165) is 34.2 Å². The van der Waals surface area contributed by atoms with E-state index in [0.29, 0.717) is 37.7 Å². The lowest BCUT2D eigenvalue weighted by atomic mass is 9.80. The molecule has 7 nitrogen and oxygen atoms in total. The van der Waals surface area contributed by atoms with Gasteiger partial charge in [0, 0.05) is 36.6 Å². The first kappa shape index (κ1) is 35.1. The Morgan fingerprint density at radius 3 is 2.22 bits per heavy atom. The Bertz CT molecular complexity index is 1050. The highest BCUT2D eigenvalue weighted by molar-refractivity contribution is 9.10. The van der Waals surface area contributed by atoms with Gasteiger partial charge in [-0.05, 0) is 79.3 Å². The summed E-state index contributed by atoms with van der Waals surface area (Å²) in [4.78, 5) is 13.3. The average Bonchev–Trinajstić information content (AvgIpc) is 2.93. The molecule has 8 heteroatoms. The first-order valence-corrected chi connectivity index (χ1v) is 15.5. The first-order chi connectivity index (χ1) is 19.5. The summed E-state index contributed by atoms with van der Waals surface area (Å²) in [5.74, 6) is 1.69. The molecule has 2 aromatic carbocycles. The van der Waals surface area contributed by atoms with E-state index in [2.05, 4.69) is 41.2 Å². The molecular weight excluding hydrogens is 584 g/mol. The molecule has 0 radical (unpaired) electrons. The molecule has 4 N–H and O–H groups in total. The molecule has 2 aromatic rings. The van der Waals surface area contributed by atoms with Gasteiger partial charge >= 0.3 is 0 Å². The Hall–Kier alpha value is -2.13. The number of carbonyl (C=O) groups excluding carboxylic acids is 1. The maximum absolute atomic E-state index is 13.3. The number of nitrogens with two attached hydrogens (primary N) is 1. The van der Waals surface area contributed by atoms with Gasteiger partial charge in [0.1, 0.15) is 0 Å². The molecule has 230 valence electrons. The van der Waals surface area contributed by atoms with Crippen molar-refractivity contribution >= 4 is 21.8 Å². The topological polar surface area (TPSA) is 103 Å². The number of benzene rings is 2. The Morgan fingerprint density at radius 2 is 1.63 bits per heavy atom. The SMILES string of the molecule is COCCCOc1cc(C[C@@H](C[C@H](N)[C@@H](O)C[C@H](C(=O)N[C@@H](C)c2ccc(Br)cc2)C(C)C)C(C)C)ccc1OC. The van der Waals surface area contributed by atoms with E-state index in [4.69, 9.17) is 19.9 Å². The van der Waals surface area contributed by atoms with Crippen molar-refractivity contribution < 1.29 is 24.1 Å². The van der Waals surface area contributed by atoms with E-state index < -0.39 is 12.1 Å². The summed E-state index contributed by atoms with van der Waals surface area (Å²) in [6.07, 6.45) is 1.79. The largest absolute Gasteiger partial charge is 0.493 e. The van der Waals surface area contributed by atoms with Crippen molar-refractivity contribution in [2.24, 2.45) is 29.4 Å². The minimum Gasteiger partial charge on any atom is -0.493 e. The van der Waals surface area contributed by atoms with Gasteiger partial charge in [0.05, 0.1) is 25.9 Å². The quantitative estimate of drug-likeness (QED) is 0.166. The van der Waals surface area contributed by atoms with Crippen LogP contribution < -0.4 is 20.5 Å². The lowest BCUT2D eigenvalue weighted by Gasteiger charge is -2.30. The molecule has 5 atom stereocenters. The van der Waals surface area contributed by atoms with Crippen molar-refractivity contribution in [3.63, 3.8) is 0 Å². The standard InChI is InChI=1S/C33H51BrN2O5/c1-21(2)26(17-24-9-14-31(40-7)32(18-24)41-16-8-15-39-6)19-29(35)30(37)20-28(22(3)4)33(38)36-23(5)25-10-12-27(34)13-11-25/h9-14,18,21-23,26,28-30,37H,8,15-17,19-20,35H2,1-7H3,(H,36,38)/t23-,26-,28-,29-,30-/m0/s1. The van der Waals surface area contributed by atoms with E-state index in [1.54, 1.807) is 14.2 Å². The number of nitrogens with one attached hydrogen (secondary N) is 1. The number of aliphatic hydroxyl groups excluding tert-OH is 1. The highest BCUT2D eigenvalue weighted by Gasteiger charge is 2.30. The van der Waals surface area contributed by atoms with Crippen molar-refractivity contribution in [3.8, 4) is 11.5 Å². The molecule has 0 fully saturated rings. The summed E-state index contributed by atoms with van der Waals surface area (Å²) in [5, 5.41) is 14.3. The van der Waals surface area contributed by atoms with Gasteiger partial charge in [-0.25, -0.2) is 0 Å². The second-order valence-electron chi connectivity index (χ2n) is 11.7. The van der Waals surface area contributed by atoms with Crippen molar-refractivity contribution in [3.05, 3.63) is 58.1 Å². The third kappa shape index (κ3) is 11.6. The van der Waals surface area contributed by atoms with Crippen LogP contribution in [-0.2, 0) is 16.0 Å². The van der Waals surface area contributed by atoms with E-state index in [1.165, 1.54) is 0 Å². The van der Waals surface area contributed by atoms with Crippen LogP contribution in [0.15, 0.2) is 46.9 Å². The molecule has 0 bridgehead atoms. The van der Waals surface area contributed by atoms with E-state index in [-0.39, 0.29) is 29.7 Å². The fourth-order valence-electron chi connectivity index (χ4n) is 5.02. The summed E-state index contributed by atoms with van der Waals surface area (Å²) in [6, 6.07) is 13.4. The van der Waals surface area contributed by atoms with Gasteiger partial charge in [0.15, 0.2) is 11.5 Å². The Morgan fingerprint density at radius 1 is 0.951 bits per heavy atom. The molecule has 0 aromatic heterocycles. The van der Waals surface area contributed by atoms with Crippen molar-refractivity contribution in [1.82, 2.24) is 5.32 Å². The van der Waals surface area contributed by atoms with Gasteiger partial charge in [-0.2, -0.15) is 0 Å². The highest BCUT2D eigenvalue weighted by Crippen LogP contribution is 2.32. The summed E-state index contributed by atoms with van der Waals surface area (Å²) >= 11 is 3.45. The summed E-state index contributed by atoms with van der Waals surface area (Å²) in [5.41, 5.74) is 8.76. The van der Waals surface area contributed by atoms with Crippen molar-refractivity contribution in [1.29, 1.82) is 0 Å². The highest BCUT2D eigenvalue weighted by atomic mass is 79.9. The van der Waals surface area contributed by atoms with E-state index >= 15 is 0 Å². The summed E-state index contributed by atoms with van der Waals surface area (Å²) < 4.78 is 17.6. The van der Waals surface area contributed by atoms with Crippen LogP contribution in [0.4, 0.5) is 0 Å². The summed E-state index contributed by atoms with van der Waals surface area (Å²) in [6.45, 7) is 11.6. The molecule has 2 rings (SSSR count). The zero-order valence-electron chi connectivity index (χ0n) is 25.9. The molecule has 0 saturated heterocycles. The van der Waals surface area contributed by atoms with E-state index in [1.807, 2.05) is 57.2 Å². The van der Waals surface area contributed by atoms with Gasteiger partial charge in [-0.1, -0.05) is 61.8 Å². The Kier molecular flexibility index (Phi) is 15.2. The van der Waals surface area contributed by atoms with E-state index in [9.17, 15) is 9.90 Å². The third-order valence-electron chi connectivity index (χ3n) is 7.85. The monoisotopic (exact) mass is 634 g/mol. The van der Waals surface area contributed by atoms with Crippen LogP contribution in [0.1, 0.15) is 71.0 Å². The van der Waals surface area contributed by atoms with Crippen LogP contribution >= 0.6 is 15.9 Å². The number of methoxy groups -OCH3 is 2. The van der Waals surface area contributed by atoms with Crippen LogP contribution in [0, 0.1) is 23.7 Å². The number of halogens is 1. The predicted octanol–water partition coefficient (Wildman–Crippen LogP) is 6.31. The van der Waals surface area contributed by atoms with Crippen molar-refractivity contribution in [2.75, 3.05) is 27.4 Å². The molecule has 0 aliphatic rings. The van der Waals surface area contributed by atoms with Crippen LogP contribution in [0.2, 0.25) is 0 Å². The lowest BCUT2D eigenvalue weighted by molar-refractivity contribution is -0.128. The molecule has 0 saturated carbocycles. The van der Waals surface area contributed by atoms with Gasteiger partial charge in [0.2, 0.25) is 5.91 Å². The maximum atomic E-state index is 13.3. The number of hydrogen-bond donors (Lipinski definition) is 3. The second kappa shape index (κ2) is 17.7. The molecule has 0 heterocycles. The number of hydrogen-bond acceptors (Lipinski definition) is 6. The van der Waals surface area contributed by atoms with Gasteiger partial charge in [0.25, 0.3) is 0 Å². The van der Waals surface area contributed by atoms with Gasteiger partial charge in [-0.15, -0.1) is 0 Å². The number of amides is 1. The number of carbonyl (C=O) groups is 1. The Labute approximate surface area is 255 Å². The minimum absolute atomic E-state index is 0.0571. The normalized spacial score (nSPS) is 15.3. The maximum Gasteiger partial charge on any atom is 0.223 e. The number of rotatable bonds is 18. The fourth-order valence-corrected chi connectivity index (χ4v) is 5.28. The predicted molar refractivity (Wildman–Crippen MR) is 169 cm³/mol. The number of ether oxygens (including phenoxy) is 3. The Balaban J connectivity index is 2.03. The van der Waals surface area contributed by atoms with Gasteiger partial charge in [-0.3, -0.25) is 4.79 Å². The zero-order chi connectivity index (χ0) is 30.5. The minimum atomic E-state index is -0.784. The molecule has 0 unspecified atom stereocenters. The molecule has 1 amide bonds. The second-order valence-corrected chi connectivity index (χ2v) is 12.6. The third-order valence-corrected chi connectivity index (χ3v) is 8.38. The van der Waals surface area contributed by atoms with Gasteiger partial charge < -0.3 is 30.4 Å². The van der Waals surface area contributed by atoms with Crippen LogP contribution in [0.25, 0.3) is 0 Å². The fraction of sp³-hybridized carbons (Fsp3) is 0.606. The lowest BCUT2D eigenvalue weighted by Crippen LogP contribution is -2.43. The van der Waals surface area contributed by atoms with Crippen LogP contribution in [0.5, 0.6) is 11.5 Å². The van der Waals surface area contributed by atoms with Crippen LogP contribution in [-0.4, -0.2) is 50.6 Å². The first-order valence-electron chi connectivity index (χ1n) is 14.7. The molecule has 0 aliphatic carbocycles. The smallest absolute Gasteiger partial charge is 0.223 e. The molecular formula is C33H51BrN2O5. The molecule has 0 spiro atoms. The van der Waals surface area contributed by atoms with Crippen LogP contribution in [0.3, 0.4) is 0 Å². The number of aliphatic hydroxyl groups is 1. The average molecular weight is 636 g/mol. The summed E-state index contributed by atoms with van der Waals surface area (Å²) in [7, 11) is 3.32.